The van der Waals surface area contributed by atoms with E-state index in [2.05, 4.69) is 5.32 Å². The monoisotopic (exact) mass is 1320 g/mol. The standard InChI is InChI=1S/C35H38FNO7.C21H27FO6.C19H21NO4/c1-32-13-12-24(39)14-22(32)10-11-26-27-16-30-35(29(41)18-38,33(27,2)17-28(40)34(26,32)36)44-31(43-30)21-8-6-20(7-9-21)19-42-25-5-3-4-23(37)15-25;1-18-6-5-12(24)7-11(18)3-4-13-14-8-15(25)21(28,17(27)10-23)19(14,2)9-16(26)20(13,18)22;1-19(2,3)24-18(22)20-16-5-4-6-17(11-16)23-13-15-9-7-14(12-21)8-10-15/h3-9,12-15,26-28,30-31,38,40H,10-11,16-19,37H2,1-2H3;5-7,13-16,23,25-26,28H,3-4,8-10H2,1-2H3;4-12H,13H2,1-3H3,(H,20,22)/t26-,27-,28-,30+,31+,32-,33-,34-,35+;13-,14-,15+,16-,18-,19-,20-,21-;/m00./s1. The van der Waals surface area contributed by atoms with E-state index in [0.29, 0.717) is 90.5 Å². The van der Waals surface area contributed by atoms with Crippen LogP contribution in [0.5, 0.6) is 11.5 Å². The molecular formula is C75H86F2N2O17. The molecule has 1 amide bonds. The predicted molar refractivity (Wildman–Crippen MR) is 348 cm³/mol. The number of amides is 1. The molecule has 7 fully saturated rings. The lowest BCUT2D eigenvalue weighted by Gasteiger charge is -2.62. The number of alkyl halides is 2. The Kier molecular flexibility index (Phi) is 18.7. The van der Waals surface area contributed by atoms with E-state index in [-0.39, 0.29) is 36.7 Å². The van der Waals surface area contributed by atoms with E-state index in [9.17, 15) is 59.4 Å². The molecule has 1 heterocycles. The quantitative estimate of drug-likeness (QED) is 0.0456. The lowest BCUT2D eigenvalue weighted by atomic mass is 9.44. The third-order valence-corrected chi connectivity index (χ3v) is 22.9. The van der Waals surface area contributed by atoms with Gasteiger partial charge in [0.05, 0.1) is 24.4 Å². The second-order valence-electron chi connectivity index (χ2n) is 29.2. The summed E-state index contributed by atoms with van der Waals surface area (Å²) in [6, 6.07) is 28.9. The molecule has 8 aliphatic carbocycles. The van der Waals surface area contributed by atoms with Crippen LogP contribution in [-0.2, 0) is 46.6 Å². The molecule has 0 bridgehead atoms. The Morgan fingerprint density at radius 1 is 0.677 bits per heavy atom. The van der Waals surface area contributed by atoms with Gasteiger partial charge in [0.15, 0.2) is 52.0 Å². The summed E-state index contributed by atoms with van der Waals surface area (Å²) >= 11 is 0. The van der Waals surface area contributed by atoms with Gasteiger partial charge in [0.1, 0.15) is 49.8 Å². The fourth-order valence-corrected chi connectivity index (χ4v) is 18.1. The number of aldehydes is 1. The number of anilines is 2. The van der Waals surface area contributed by atoms with E-state index < -0.39 is 129 Å². The minimum absolute atomic E-state index is 0.0135. The second kappa shape index (κ2) is 25.7. The van der Waals surface area contributed by atoms with Crippen LogP contribution in [0.4, 0.5) is 25.0 Å². The highest BCUT2D eigenvalue weighted by molar-refractivity contribution is 6.02. The van der Waals surface area contributed by atoms with E-state index >= 15 is 8.78 Å². The number of ketones is 4. The number of benzene rings is 4. The number of nitrogen functional groups attached to an aromatic ring is 1. The molecule has 1 aliphatic heterocycles. The smallest absolute Gasteiger partial charge is 0.412 e. The summed E-state index contributed by atoms with van der Waals surface area (Å²) < 4.78 is 64.1. The van der Waals surface area contributed by atoms with Crippen molar-refractivity contribution in [2.24, 2.45) is 45.3 Å². The average molecular weight is 1330 g/mol. The van der Waals surface area contributed by atoms with Crippen molar-refractivity contribution in [3.8, 4) is 11.5 Å². The molecule has 4 aromatic rings. The van der Waals surface area contributed by atoms with Crippen molar-refractivity contribution in [3.63, 3.8) is 0 Å². The van der Waals surface area contributed by atoms with Crippen LogP contribution in [0.1, 0.15) is 133 Å². The number of aliphatic hydroxyl groups excluding tert-OH is 5. The van der Waals surface area contributed by atoms with E-state index in [4.69, 9.17) is 29.4 Å². The first kappa shape index (κ1) is 69.7. The molecule has 17 atom stereocenters. The fourth-order valence-electron chi connectivity index (χ4n) is 18.1. The van der Waals surface area contributed by atoms with Crippen molar-refractivity contribution >= 4 is 46.9 Å². The van der Waals surface area contributed by atoms with Gasteiger partial charge in [-0.25, -0.2) is 13.6 Å². The predicted octanol–water partition coefficient (Wildman–Crippen LogP) is 9.59. The number of Topliss-reactive ketones (excluding diaryl/α,β-unsaturated/α-hetero) is 2. The summed E-state index contributed by atoms with van der Waals surface area (Å²) in [6.45, 7) is 11.3. The molecule has 512 valence electrons. The minimum Gasteiger partial charge on any atom is -0.489 e. The first-order valence-corrected chi connectivity index (χ1v) is 32.8. The molecule has 13 rings (SSSR count). The summed E-state index contributed by atoms with van der Waals surface area (Å²) in [5.41, 5.74) is -1.47. The van der Waals surface area contributed by atoms with Gasteiger partial charge in [-0.1, -0.05) is 97.8 Å². The number of aliphatic hydroxyl groups is 6. The number of carbonyl (C=O) groups excluding carboxylic acids is 6. The first-order valence-electron chi connectivity index (χ1n) is 32.8. The van der Waals surface area contributed by atoms with Gasteiger partial charge in [-0.3, -0.25) is 29.3 Å². The zero-order valence-corrected chi connectivity index (χ0v) is 55.0. The van der Waals surface area contributed by atoms with Crippen molar-refractivity contribution in [2.75, 3.05) is 24.3 Å². The Hall–Kier alpha value is -7.60. The van der Waals surface area contributed by atoms with Crippen molar-refractivity contribution in [1.82, 2.24) is 0 Å². The van der Waals surface area contributed by atoms with Crippen molar-refractivity contribution in [1.29, 1.82) is 0 Å². The summed E-state index contributed by atoms with van der Waals surface area (Å²) in [4.78, 5) is 72.4. The SMILES string of the molecule is CC(C)(C)OC(=O)Nc1cccc(OCc2ccc(C=O)cc2)c1.C[C@]12C=CC(=O)C=C1CC[C@H]1[C@@H]3C[C@@H](O)[C@](O)(C(=O)CO)[C@@]3(C)C[C@H](O)[C@@]12F.C[C@]12C=CC(=O)C=C1CC[C@H]1[C@@H]3C[C@H]4O[C@@H](c5ccc(COc6cccc(N)c6)cc5)O[C@@]4(C(=O)CO)[C@@]3(C)C[C@H](O)[C@@]12F. The minimum atomic E-state index is -2.23. The third-order valence-electron chi connectivity index (χ3n) is 22.9. The molecule has 1 saturated heterocycles. The van der Waals surface area contributed by atoms with Gasteiger partial charge in [-0.15, -0.1) is 0 Å². The van der Waals surface area contributed by atoms with Crippen LogP contribution in [0.25, 0.3) is 0 Å². The Morgan fingerprint density at radius 2 is 1.19 bits per heavy atom. The number of carbonyl (C=O) groups is 6. The molecule has 19 nitrogen and oxygen atoms in total. The molecule has 0 spiro atoms. The number of halogens is 2. The molecule has 0 radical (unpaired) electrons. The van der Waals surface area contributed by atoms with Gasteiger partial charge in [0, 0.05) is 68.1 Å². The number of nitrogens with one attached hydrogen (secondary N) is 1. The van der Waals surface area contributed by atoms with Gasteiger partial charge in [-0.05, 0) is 158 Å². The molecule has 0 unspecified atom stereocenters. The Bertz CT molecular complexity index is 3830. The number of rotatable bonds is 13. The van der Waals surface area contributed by atoms with E-state index in [0.717, 1.165) is 17.4 Å². The van der Waals surface area contributed by atoms with Gasteiger partial charge in [0.25, 0.3) is 0 Å². The zero-order chi connectivity index (χ0) is 69.3. The molecule has 9 N–H and O–H groups in total. The summed E-state index contributed by atoms with van der Waals surface area (Å²) in [5, 5.41) is 66.6. The third kappa shape index (κ3) is 11.5. The molecule has 9 aliphatic rings. The average Bonchev–Trinajstić information content (AvgIpc) is 1.43. The van der Waals surface area contributed by atoms with Crippen molar-refractivity contribution in [2.45, 2.75) is 172 Å². The number of fused-ring (bicyclic) bond motifs is 12. The number of ether oxygens (including phenoxy) is 5. The van der Waals surface area contributed by atoms with Crippen molar-refractivity contribution < 1.29 is 91.9 Å². The van der Waals surface area contributed by atoms with Crippen LogP contribution in [-0.4, -0.2) is 132 Å². The van der Waals surface area contributed by atoms with Crippen LogP contribution in [0, 0.1) is 45.3 Å². The normalized spacial score (nSPS) is 36.6. The summed E-state index contributed by atoms with van der Waals surface area (Å²) in [5.74, 6) is -2.74. The highest BCUT2D eigenvalue weighted by atomic mass is 19.1. The molecule has 4 aromatic carbocycles. The zero-order valence-electron chi connectivity index (χ0n) is 55.0. The maximum absolute atomic E-state index is 17.5. The van der Waals surface area contributed by atoms with Gasteiger partial charge >= 0.3 is 6.09 Å². The second-order valence-corrected chi connectivity index (χ2v) is 29.2. The molecule has 6 saturated carbocycles. The van der Waals surface area contributed by atoms with Crippen LogP contribution < -0.4 is 20.5 Å². The topological polar surface area (TPSA) is 308 Å². The highest BCUT2D eigenvalue weighted by Gasteiger charge is 2.80. The molecule has 0 aromatic heterocycles. The lowest BCUT2D eigenvalue weighted by Crippen LogP contribution is -2.69. The molecule has 96 heavy (non-hydrogen) atoms. The maximum atomic E-state index is 17.5. The first-order chi connectivity index (χ1) is 45.3. The van der Waals surface area contributed by atoms with Gasteiger partial charge in [-0.2, -0.15) is 0 Å². The van der Waals surface area contributed by atoms with Crippen LogP contribution in [0.2, 0.25) is 0 Å². The van der Waals surface area contributed by atoms with Crippen molar-refractivity contribution in [3.05, 3.63) is 167 Å². The van der Waals surface area contributed by atoms with Crippen LogP contribution >= 0.6 is 0 Å². The van der Waals surface area contributed by atoms with E-state index in [1.54, 1.807) is 75.4 Å². The van der Waals surface area contributed by atoms with E-state index in [1.165, 1.54) is 30.4 Å². The molecule has 21 heteroatoms. The Balaban J connectivity index is 0.000000156. The number of hydrogen-bond acceptors (Lipinski definition) is 18. The van der Waals surface area contributed by atoms with Gasteiger partial charge < -0.3 is 60.1 Å². The number of nitrogens with two attached hydrogens (primary N) is 1. The Morgan fingerprint density at radius 3 is 1.71 bits per heavy atom. The van der Waals surface area contributed by atoms with Crippen LogP contribution in [0.15, 0.2) is 145 Å². The van der Waals surface area contributed by atoms with E-state index in [1.807, 2.05) is 76.2 Å². The largest absolute Gasteiger partial charge is 0.489 e. The fraction of sp³-hybridized carbons (Fsp3) is 0.493. The Labute approximate surface area is 556 Å². The maximum Gasteiger partial charge on any atom is 0.412 e. The molecular weight excluding hydrogens is 1240 g/mol. The van der Waals surface area contributed by atoms with Crippen LogP contribution in [0.3, 0.4) is 0 Å². The highest BCUT2D eigenvalue weighted by Crippen LogP contribution is 2.73. The van der Waals surface area contributed by atoms with Gasteiger partial charge in [0.2, 0.25) is 0 Å². The number of hydrogen-bond donors (Lipinski definition) is 8. The lowest BCUT2D eigenvalue weighted by molar-refractivity contribution is -0.231. The summed E-state index contributed by atoms with van der Waals surface area (Å²) in [7, 11) is 0. The summed E-state index contributed by atoms with van der Waals surface area (Å²) in [6.07, 6.45) is 4.95. The number of allylic oxidation sites excluding steroid dienone is 8.